The zero-order valence-corrected chi connectivity index (χ0v) is 15.7. The predicted octanol–water partition coefficient (Wildman–Crippen LogP) is 5.15. The van der Waals surface area contributed by atoms with Gasteiger partial charge in [0.15, 0.2) is 0 Å². The van der Waals surface area contributed by atoms with Crippen LogP contribution in [0.3, 0.4) is 0 Å². The van der Waals surface area contributed by atoms with E-state index < -0.39 is 0 Å². The topological polar surface area (TPSA) is 64.1 Å². The third kappa shape index (κ3) is 4.47. The van der Waals surface area contributed by atoms with E-state index in [4.69, 9.17) is 4.74 Å². The number of nitrogens with one attached hydrogen (secondary N) is 1. The number of ether oxygens (including phenoxy) is 1. The highest BCUT2D eigenvalue weighted by Crippen LogP contribution is 2.26. The minimum Gasteiger partial charge on any atom is -0.457 e. The van der Waals surface area contributed by atoms with Gasteiger partial charge in [0.05, 0.1) is 11.9 Å². The number of hydrogen-bond donors (Lipinski definition) is 1. The van der Waals surface area contributed by atoms with E-state index in [1.54, 1.807) is 12.3 Å². The fraction of sp³-hybridized carbons (Fsp3) is 0.0455. The highest BCUT2D eigenvalue weighted by molar-refractivity contribution is 8.00. The zero-order chi connectivity index (χ0) is 19.2. The summed E-state index contributed by atoms with van der Waals surface area (Å²) in [6, 6.07) is 24.7. The van der Waals surface area contributed by atoms with Crippen molar-refractivity contribution in [3.63, 3.8) is 0 Å². The average molecular weight is 387 g/mol. The number of nitrogens with zero attached hydrogens (tertiary/aromatic N) is 2. The lowest BCUT2D eigenvalue weighted by atomic mass is 10.2. The second kappa shape index (κ2) is 8.54. The van der Waals surface area contributed by atoms with Gasteiger partial charge in [-0.2, -0.15) is 5.10 Å². The second-order valence-electron chi connectivity index (χ2n) is 6.02. The average Bonchev–Trinajstić information content (AvgIpc) is 2.73. The Labute approximate surface area is 166 Å². The van der Waals surface area contributed by atoms with Crippen LogP contribution in [0.5, 0.6) is 11.5 Å². The number of amides is 1. The number of para-hydroxylation sites is 1. The molecule has 1 N–H and O–H groups in total. The van der Waals surface area contributed by atoms with Gasteiger partial charge in [0, 0.05) is 22.5 Å². The molecule has 0 saturated carbocycles. The Morgan fingerprint density at radius 2 is 1.71 bits per heavy atom. The number of fused-ring (bicyclic) bond motifs is 1. The van der Waals surface area contributed by atoms with Crippen LogP contribution in [0, 0.1) is 0 Å². The first-order valence-corrected chi connectivity index (χ1v) is 9.72. The normalized spacial score (nSPS) is 10.6. The molecule has 1 aromatic heterocycles. The zero-order valence-electron chi connectivity index (χ0n) is 14.9. The number of hydrogen-bond acceptors (Lipinski definition) is 5. The molecule has 0 spiro atoms. The molecule has 0 aliphatic rings. The van der Waals surface area contributed by atoms with Crippen LogP contribution in [0.1, 0.15) is 0 Å². The highest BCUT2D eigenvalue weighted by Gasteiger charge is 2.09. The Bertz CT molecular complexity index is 1100. The second-order valence-corrected chi connectivity index (χ2v) is 6.98. The number of anilines is 1. The van der Waals surface area contributed by atoms with E-state index in [-0.39, 0.29) is 11.7 Å². The van der Waals surface area contributed by atoms with Crippen molar-refractivity contribution < 1.29 is 9.53 Å². The van der Waals surface area contributed by atoms with Crippen LogP contribution in [0.15, 0.2) is 90.1 Å². The molecule has 0 bridgehead atoms. The molecule has 0 atom stereocenters. The molecule has 4 aromatic rings. The maximum Gasteiger partial charge on any atom is 0.234 e. The number of carbonyl (C=O) groups excluding carboxylic acids is 1. The van der Waals surface area contributed by atoms with Crippen LogP contribution in [0.4, 0.5) is 5.69 Å². The number of carbonyl (C=O) groups is 1. The van der Waals surface area contributed by atoms with Crippen molar-refractivity contribution in [1.82, 2.24) is 10.2 Å². The van der Waals surface area contributed by atoms with Gasteiger partial charge in [0.2, 0.25) is 5.91 Å². The molecule has 1 amide bonds. The Kier molecular flexibility index (Phi) is 5.49. The Morgan fingerprint density at radius 3 is 2.61 bits per heavy atom. The molecule has 6 heteroatoms. The van der Waals surface area contributed by atoms with E-state index in [0.29, 0.717) is 11.4 Å². The molecule has 0 saturated heterocycles. The van der Waals surface area contributed by atoms with Crippen molar-refractivity contribution in [2.45, 2.75) is 5.03 Å². The fourth-order valence-electron chi connectivity index (χ4n) is 2.70. The van der Waals surface area contributed by atoms with Crippen LogP contribution in [-0.2, 0) is 4.79 Å². The van der Waals surface area contributed by atoms with Gasteiger partial charge in [-0.05, 0) is 24.3 Å². The Balaban J connectivity index is 1.39. The maximum absolute atomic E-state index is 12.4. The van der Waals surface area contributed by atoms with Gasteiger partial charge in [-0.3, -0.25) is 4.79 Å². The van der Waals surface area contributed by atoms with Crippen LogP contribution in [0.25, 0.3) is 10.8 Å². The monoisotopic (exact) mass is 387 g/mol. The smallest absolute Gasteiger partial charge is 0.234 e. The van der Waals surface area contributed by atoms with Gasteiger partial charge in [-0.15, -0.1) is 5.10 Å². The molecule has 0 radical (unpaired) electrons. The van der Waals surface area contributed by atoms with E-state index in [1.807, 2.05) is 72.8 Å². The van der Waals surface area contributed by atoms with Gasteiger partial charge in [0.25, 0.3) is 0 Å². The van der Waals surface area contributed by atoms with Gasteiger partial charge in [0.1, 0.15) is 16.5 Å². The Hall–Kier alpha value is -3.38. The van der Waals surface area contributed by atoms with E-state index in [9.17, 15) is 4.79 Å². The van der Waals surface area contributed by atoms with Crippen LogP contribution in [0.2, 0.25) is 0 Å². The van der Waals surface area contributed by atoms with Crippen molar-refractivity contribution in [1.29, 1.82) is 0 Å². The van der Waals surface area contributed by atoms with Gasteiger partial charge >= 0.3 is 0 Å². The molecular formula is C22H17N3O2S. The summed E-state index contributed by atoms with van der Waals surface area (Å²) < 4.78 is 5.80. The lowest BCUT2D eigenvalue weighted by molar-refractivity contribution is -0.113. The predicted molar refractivity (Wildman–Crippen MR) is 112 cm³/mol. The number of rotatable bonds is 6. The van der Waals surface area contributed by atoms with Crippen LogP contribution < -0.4 is 10.1 Å². The molecule has 28 heavy (non-hydrogen) atoms. The third-order valence-corrected chi connectivity index (χ3v) is 4.95. The standard InChI is InChI=1S/C22H17N3O2S/c26-21(15-28-22-20-12-5-4-7-16(20)14-23-25-22)24-17-8-6-11-19(13-17)27-18-9-2-1-3-10-18/h1-14H,15H2,(H,24,26). The van der Waals surface area contributed by atoms with Gasteiger partial charge in [-0.25, -0.2) is 0 Å². The molecule has 5 nitrogen and oxygen atoms in total. The first-order chi connectivity index (χ1) is 13.8. The molecule has 138 valence electrons. The van der Waals surface area contributed by atoms with Crippen molar-refractivity contribution in [2.75, 3.05) is 11.1 Å². The highest BCUT2D eigenvalue weighted by atomic mass is 32.2. The summed E-state index contributed by atoms with van der Waals surface area (Å²) in [5, 5.41) is 13.8. The van der Waals surface area contributed by atoms with Gasteiger partial charge in [-0.1, -0.05) is 60.3 Å². The maximum atomic E-state index is 12.4. The molecule has 0 unspecified atom stereocenters. The minimum atomic E-state index is -0.114. The van der Waals surface area contributed by atoms with E-state index in [0.717, 1.165) is 21.5 Å². The van der Waals surface area contributed by atoms with E-state index >= 15 is 0 Å². The number of thioether (sulfide) groups is 1. The van der Waals surface area contributed by atoms with Crippen molar-refractivity contribution in [3.05, 3.63) is 85.1 Å². The molecule has 0 fully saturated rings. The SMILES string of the molecule is O=C(CSc1nncc2ccccc12)Nc1cccc(Oc2ccccc2)c1. The molecule has 0 aliphatic heterocycles. The van der Waals surface area contributed by atoms with Crippen LogP contribution >= 0.6 is 11.8 Å². The summed E-state index contributed by atoms with van der Waals surface area (Å²) in [5.74, 6) is 1.54. The van der Waals surface area contributed by atoms with Crippen molar-refractivity contribution in [2.24, 2.45) is 0 Å². The minimum absolute atomic E-state index is 0.114. The fourth-order valence-corrected chi connectivity index (χ4v) is 3.49. The summed E-state index contributed by atoms with van der Waals surface area (Å²) in [7, 11) is 0. The molecule has 1 heterocycles. The Morgan fingerprint density at radius 1 is 0.929 bits per heavy atom. The number of benzene rings is 3. The molecule has 3 aromatic carbocycles. The summed E-state index contributed by atoms with van der Waals surface area (Å²) >= 11 is 1.37. The van der Waals surface area contributed by atoms with E-state index in [2.05, 4.69) is 15.5 Å². The van der Waals surface area contributed by atoms with Crippen LogP contribution in [-0.4, -0.2) is 21.9 Å². The summed E-state index contributed by atoms with van der Waals surface area (Å²) in [6.07, 6.45) is 1.72. The first kappa shape index (κ1) is 18.0. The molecular weight excluding hydrogens is 370 g/mol. The van der Waals surface area contributed by atoms with Crippen molar-refractivity contribution >= 4 is 34.1 Å². The molecule has 4 rings (SSSR count). The third-order valence-electron chi connectivity index (χ3n) is 3.97. The summed E-state index contributed by atoms with van der Waals surface area (Å²) in [6.45, 7) is 0. The first-order valence-electron chi connectivity index (χ1n) is 8.74. The summed E-state index contributed by atoms with van der Waals surface area (Å²) in [5.41, 5.74) is 0.683. The summed E-state index contributed by atoms with van der Waals surface area (Å²) in [4.78, 5) is 12.4. The number of aromatic nitrogens is 2. The van der Waals surface area contributed by atoms with E-state index in [1.165, 1.54) is 11.8 Å². The van der Waals surface area contributed by atoms with Crippen molar-refractivity contribution in [3.8, 4) is 11.5 Å². The lowest BCUT2D eigenvalue weighted by Gasteiger charge is -2.09. The lowest BCUT2D eigenvalue weighted by Crippen LogP contribution is -2.14. The quantitative estimate of drug-likeness (QED) is 0.463. The van der Waals surface area contributed by atoms with Gasteiger partial charge < -0.3 is 10.1 Å². The molecule has 0 aliphatic carbocycles. The largest absolute Gasteiger partial charge is 0.457 e.